The van der Waals surface area contributed by atoms with Crippen LogP contribution in [0.3, 0.4) is 0 Å². The smallest absolute Gasteiger partial charge is 0.416 e. The van der Waals surface area contributed by atoms with Crippen molar-refractivity contribution in [3.63, 3.8) is 0 Å². The predicted octanol–water partition coefficient (Wildman–Crippen LogP) is 5.59. The van der Waals surface area contributed by atoms with Crippen LogP contribution in [0.15, 0.2) is 42.5 Å². The Labute approximate surface area is 232 Å². The molecule has 2 aromatic rings. The molecule has 3 unspecified atom stereocenters. The zero-order valence-electron chi connectivity index (χ0n) is 22.7. The number of esters is 1. The second-order valence-electron chi connectivity index (χ2n) is 10.3. The Morgan fingerprint density at radius 1 is 1.00 bits per heavy atom. The number of carbonyl (C=O) groups is 3. The maximum atomic E-state index is 13.9. The maximum absolute atomic E-state index is 13.9. The van der Waals surface area contributed by atoms with Crippen LogP contribution in [0.25, 0.3) is 0 Å². The third-order valence-corrected chi connectivity index (χ3v) is 7.95. The van der Waals surface area contributed by atoms with Gasteiger partial charge in [0.25, 0.3) is 0 Å². The molecule has 2 aliphatic heterocycles. The van der Waals surface area contributed by atoms with E-state index < -0.39 is 65.4 Å². The molecule has 222 valence electrons. The minimum absolute atomic E-state index is 0.0292. The number of fused-ring (bicyclic) bond motifs is 1. The fourth-order valence-electron chi connectivity index (χ4n) is 5.63. The highest BCUT2D eigenvalue weighted by atomic mass is 19.4. The number of hydrogen-bond acceptors (Lipinski definition) is 4. The van der Waals surface area contributed by atoms with Crippen molar-refractivity contribution in [3.8, 4) is 0 Å². The molecule has 2 heterocycles. The number of carbonyl (C=O) groups excluding carboxylic acids is 3. The number of ether oxygens (including phenoxy) is 1. The van der Waals surface area contributed by atoms with E-state index in [1.54, 1.807) is 18.2 Å². The molecule has 2 aliphatic rings. The van der Waals surface area contributed by atoms with Crippen molar-refractivity contribution >= 4 is 17.9 Å². The van der Waals surface area contributed by atoms with E-state index in [0.29, 0.717) is 17.7 Å². The SMILES string of the molecule is COC(=O)C1CC2C(c3ccccc3C)N(C(=O)N(C)[C@H](C)c3cc(C(F)(F)F)cc(C(F)(F)F)c3)CCN2C1=O. The Morgan fingerprint density at radius 2 is 1.59 bits per heavy atom. The lowest BCUT2D eigenvalue weighted by Crippen LogP contribution is -2.57. The zero-order chi connectivity index (χ0) is 30.4. The summed E-state index contributed by atoms with van der Waals surface area (Å²) >= 11 is 0. The summed E-state index contributed by atoms with van der Waals surface area (Å²) < 4.78 is 85.7. The average Bonchev–Trinajstić information content (AvgIpc) is 3.26. The van der Waals surface area contributed by atoms with Crippen molar-refractivity contribution in [2.24, 2.45) is 5.92 Å². The standard InChI is InChI=1S/C28H29F6N3O4/c1-15-7-5-6-8-20(15)23-22-14-21(25(39)41-4)24(38)36(22)9-10-37(23)26(40)35(3)16(2)17-11-18(27(29,30)31)13-19(12-17)28(32,33)34/h5-8,11-13,16,21-23H,9-10,14H2,1-4H3/t16-,21?,22?,23?/m1/s1. The van der Waals surface area contributed by atoms with Crippen molar-refractivity contribution in [1.82, 2.24) is 14.7 Å². The van der Waals surface area contributed by atoms with Crippen molar-refractivity contribution in [2.75, 3.05) is 27.2 Å². The predicted molar refractivity (Wildman–Crippen MR) is 134 cm³/mol. The Morgan fingerprint density at radius 3 is 2.12 bits per heavy atom. The van der Waals surface area contributed by atoms with Gasteiger partial charge in [0.2, 0.25) is 5.91 Å². The normalized spacial score (nSPS) is 21.9. The van der Waals surface area contributed by atoms with Gasteiger partial charge in [0.05, 0.1) is 36.4 Å². The fraction of sp³-hybridized carbons (Fsp3) is 0.464. The number of urea groups is 1. The summed E-state index contributed by atoms with van der Waals surface area (Å²) in [5, 5.41) is 0. The molecule has 13 heteroatoms. The number of nitrogens with zero attached hydrogens (tertiary/aromatic N) is 3. The summed E-state index contributed by atoms with van der Waals surface area (Å²) in [7, 11) is 2.48. The van der Waals surface area contributed by atoms with Crippen LogP contribution in [-0.4, -0.2) is 65.9 Å². The summed E-state index contributed by atoms with van der Waals surface area (Å²) in [6.45, 7) is 3.29. The Kier molecular flexibility index (Phi) is 8.03. The molecule has 0 spiro atoms. The summed E-state index contributed by atoms with van der Waals surface area (Å²) in [6.07, 6.45) is -9.98. The Balaban J connectivity index is 1.72. The van der Waals surface area contributed by atoms with Crippen LogP contribution in [0, 0.1) is 12.8 Å². The van der Waals surface area contributed by atoms with Gasteiger partial charge in [-0.05, 0) is 55.2 Å². The molecule has 0 bridgehead atoms. The first-order chi connectivity index (χ1) is 19.1. The van der Waals surface area contributed by atoms with Crippen LogP contribution in [0.1, 0.15) is 53.2 Å². The van der Waals surface area contributed by atoms with Crippen LogP contribution in [0.5, 0.6) is 0 Å². The minimum atomic E-state index is -5.03. The maximum Gasteiger partial charge on any atom is 0.416 e. The van der Waals surface area contributed by atoms with Crippen molar-refractivity contribution in [1.29, 1.82) is 0 Å². The first-order valence-corrected chi connectivity index (χ1v) is 12.8. The van der Waals surface area contributed by atoms with Crippen molar-refractivity contribution < 1.29 is 45.5 Å². The van der Waals surface area contributed by atoms with E-state index in [2.05, 4.69) is 0 Å². The molecule has 0 saturated carbocycles. The van der Waals surface area contributed by atoms with Gasteiger partial charge in [-0.1, -0.05) is 24.3 Å². The van der Waals surface area contributed by atoms with Gasteiger partial charge < -0.3 is 19.4 Å². The van der Waals surface area contributed by atoms with E-state index in [1.807, 2.05) is 13.0 Å². The highest BCUT2D eigenvalue weighted by Crippen LogP contribution is 2.43. The van der Waals surface area contributed by atoms with Crippen molar-refractivity contribution in [2.45, 2.75) is 50.7 Å². The molecule has 4 rings (SSSR count). The second kappa shape index (κ2) is 10.9. The highest BCUT2D eigenvalue weighted by Gasteiger charge is 2.52. The number of hydrogen-bond donors (Lipinski definition) is 0. The molecular formula is C28H29F6N3O4. The van der Waals surface area contributed by atoms with Gasteiger partial charge in [0, 0.05) is 20.1 Å². The lowest BCUT2D eigenvalue weighted by Gasteiger charge is -2.47. The molecule has 41 heavy (non-hydrogen) atoms. The van der Waals surface area contributed by atoms with Crippen LogP contribution in [0.4, 0.5) is 31.1 Å². The first kappa shape index (κ1) is 30.2. The first-order valence-electron chi connectivity index (χ1n) is 12.8. The molecule has 0 radical (unpaired) electrons. The lowest BCUT2D eigenvalue weighted by molar-refractivity contribution is -0.151. The number of rotatable bonds is 4. The topological polar surface area (TPSA) is 70.2 Å². The molecule has 2 fully saturated rings. The number of alkyl halides is 6. The van der Waals surface area contributed by atoms with E-state index in [4.69, 9.17) is 4.74 Å². The Hall–Kier alpha value is -3.77. The van der Waals surface area contributed by atoms with E-state index >= 15 is 0 Å². The second-order valence-corrected chi connectivity index (χ2v) is 10.3. The summed E-state index contributed by atoms with van der Waals surface area (Å²) in [6, 6.07) is 5.27. The summed E-state index contributed by atoms with van der Waals surface area (Å²) in [5.41, 5.74) is -1.78. The van der Waals surface area contributed by atoms with Crippen LogP contribution in [0.2, 0.25) is 0 Å². The summed E-state index contributed by atoms with van der Waals surface area (Å²) in [5.74, 6) is -2.16. The minimum Gasteiger partial charge on any atom is -0.468 e. The van der Waals surface area contributed by atoms with E-state index in [0.717, 1.165) is 10.5 Å². The van der Waals surface area contributed by atoms with Gasteiger partial charge in [-0.25, -0.2) is 4.79 Å². The number of amides is 3. The zero-order valence-corrected chi connectivity index (χ0v) is 22.7. The van der Waals surface area contributed by atoms with Crippen LogP contribution < -0.4 is 0 Å². The highest BCUT2D eigenvalue weighted by molar-refractivity contribution is 5.99. The number of aryl methyl sites for hydroxylation is 1. The molecule has 0 aromatic heterocycles. The molecule has 0 N–H and O–H groups in total. The van der Waals surface area contributed by atoms with Gasteiger partial charge >= 0.3 is 24.4 Å². The molecule has 4 atom stereocenters. The molecule has 7 nitrogen and oxygen atoms in total. The van der Waals surface area contributed by atoms with Gasteiger partial charge in [-0.3, -0.25) is 9.59 Å². The Bertz CT molecular complexity index is 1310. The van der Waals surface area contributed by atoms with E-state index in [9.17, 15) is 40.7 Å². The number of benzene rings is 2. The third-order valence-electron chi connectivity index (χ3n) is 7.95. The molecule has 2 saturated heterocycles. The van der Waals surface area contributed by atoms with Gasteiger partial charge in [-0.2, -0.15) is 26.3 Å². The summed E-state index contributed by atoms with van der Waals surface area (Å²) in [4.78, 5) is 43.4. The third kappa shape index (κ3) is 5.71. The molecule has 2 aromatic carbocycles. The monoisotopic (exact) mass is 585 g/mol. The molecular weight excluding hydrogens is 556 g/mol. The van der Waals surface area contributed by atoms with E-state index in [-0.39, 0.29) is 31.1 Å². The fourth-order valence-corrected chi connectivity index (χ4v) is 5.63. The average molecular weight is 586 g/mol. The molecule has 0 aliphatic carbocycles. The van der Waals surface area contributed by atoms with Gasteiger partial charge in [0.1, 0.15) is 5.92 Å². The number of halogens is 6. The number of methoxy groups -OCH3 is 1. The van der Waals surface area contributed by atoms with Crippen LogP contribution >= 0.6 is 0 Å². The quantitative estimate of drug-likeness (QED) is 0.267. The van der Waals surface area contributed by atoms with E-state index in [1.165, 1.54) is 30.9 Å². The van der Waals surface area contributed by atoms with Gasteiger partial charge in [0.15, 0.2) is 0 Å². The molecule has 3 amide bonds. The lowest BCUT2D eigenvalue weighted by atomic mass is 9.89. The van der Waals surface area contributed by atoms with Gasteiger partial charge in [-0.15, -0.1) is 0 Å². The number of piperazine rings is 1. The largest absolute Gasteiger partial charge is 0.468 e. The van der Waals surface area contributed by atoms with Crippen LogP contribution in [-0.2, 0) is 26.7 Å². The van der Waals surface area contributed by atoms with Crippen molar-refractivity contribution in [3.05, 3.63) is 70.3 Å².